The lowest BCUT2D eigenvalue weighted by atomic mass is 10.1. The smallest absolute Gasteiger partial charge is 0.255 e. The maximum absolute atomic E-state index is 12.4. The minimum absolute atomic E-state index is 0.196. The maximum Gasteiger partial charge on any atom is 0.255 e. The molecule has 0 radical (unpaired) electrons. The minimum Gasteiger partial charge on any atom is -0.496 e. The molecule has 0 aliphatic carbocycles. The molecule has 4 N–H and O–H groups in total. The highest BCUT2D eigenvalue weighted by atomic mass is 16.5. The first-order valence-electron chi connectivity index (χ1n) is 10.0. The van der Waals surface area contributed by atoms with Crippen LogP contribution in [0.3, 0.4) is 0 Å². The van der Waals surface area contributed by atoms with Gasteiger partial charge >= 0.3 is 0 Å². The number of carbonyl (C=O) groups is 1. The summed E-state index contributed by atoms with van der Waals surface area (Å²) in [6, 6.07) is 21.9. The molecule has 0 fully saturated rings. The van der Waals surface area contributed by atoms with Crippen molar-refractivity contribution in [2.75, 3.05) is 23.5 Å². The summed E-state index contributed by atoms with van der Waals surface area (Å²) in [6.07, 6.45) is 1.53. The molecule has 4 rings (SSSR count). The molecule has 160 valence electrons. The van der Waals surface area contributed by atoms with Crippen LogP contribution in [-0.2, 0) is 0 Å². The Morgan fingerprint density at radius 1 is 0.906 bits per heavy atom. The van der Waals surface area contributed by atoms with Gasteiger partial charge in [-0.3, -0.25) is 4.79 Å². The van der Waals surface area contributed by atoms with Crippen molar-refractivity contribution in [3.63, 3.8) is 0 Å². The fraction of sp³-hybridized carbons (Fsp3) is 0.0800. The molecule has 0 unspecified atom stereocenters. The molecule has 4 aromatic rings. The third-order valence-electron chi connectivity index (χ3n) is 5.02. The Kier molecular flexibility index (Phi) is 5.98. The number of anilines is 4. The largest absolute Gasteiger partial charge is 0.496 e. The van der Waals surface area contributed by atoms with E-state index in [0.717, 1.165) is 28.3 Å². The Hall–Kier alpha value is -4.39. The average molecular weight is 425 g/mol. The van der Waals surface area contributed by atoms with E-state index < -0.39 is 0 Å². The topological polar surface area (TPSA) is 102 Å². The number of nitrogens with zero attached hydrogens (tertiary/aromatic N) is 2. The van der Waals surface area contributed by atoms with Gasteiger partial charge in [0.1, 0.15) is 17.9 Å². The number of nitrogens with two attached hydrogens (primary N) is 1. The summed E-state index contributed by atoms with van der Waals surface area (Å²) in [7, 11) is 1.64. The van der Waals surface area contributed by atoms with Gasteiger partial charge in [0.15, 0.2) is 0 Å². The summed E-state index contributed by atoms with van der Waals surface area (Å²) >= 11 is 0. The number of amides is 1. The van der Waals surface area contributed by atoms with E-state index in [9.17, 15) is 4.79 Å². The van der Waals surface area contributed by atoms with Crippen molar-refractivity contribution in [1.29, 1.82) is 0 Å². The molecule has 0 saturated heterocycles. The molecule has 0 aliphatic rings. The van der Waals surface area contributed by atoms with Gasteiger partial charge in [0.2, 0.25) is 0 Å². The second-order valence-electron chi connectivity index (χ2n) is 7.17. The van der Waals surface area contributed by atoms with Crippen molar-refractivity contribution in [3.8, 4) is 17.0 Å². The zero-order valence-corrected chi connectivity index (χ0v) is 17.8. The standard InChI is InChI=1S/C25H23N5O2/c1-16-23(21-5-3-4-6-22(21)32-2)27-15-28-24(16)29-19-11-13-20(14-12-19)30-25(31)17-7-9-18(26)10-8-17/h3-15H,26H2,1-2H3,(H,30,31)(H,27,28,29). The summed E-state index contributed by atoms with van der Waals surface area (Å²) in [5, 5.41) is 6.20. The second kappa shape index (κ2) is 9.18. The van der Waals surface area contributed by atoms with Crippen molar-refractivity contribution in [1.82, 2.24) is 9.97 Å². The van der Waals surface area contributed by atoms with E-state index in [2.05, 4.69) is 20.6 Å². The van der Waals surface area contributed by atoms with Gasteiger partial charge in [-0.25, -0.2) is 9.97 Å². The van der Waals surface area contributed by atoms with Gasteiger partial charge in [-0.15, -0.1) is 0 Å². The molecule has 7 nitrogen and oxygen atoms in total. The number of nitrogens with one attached hydrogen (secondary N) is 2. The number of para-hydroxylation sites is 1. The van der Waals surface area contributed by atoms with Crippen LogP contribution in [0.15, 0.2) is 79.1 Å². The highest BCUT2D eigenvalue weighted by Gasteiger charge is 2.13. The summed E-state index contributed by atoms with van der Waals surface area (Å²) in [5.41, 5.74) is 11.0. The first kappa shape index (κ1) is 20.9. The first-order chi connectivity index (χ1) is 15.5. The van der Waals surface area contributed by atoms with Crippen molar-refractivity contribution in [2.45, 2.75) is 6.92 Å². The number of hydrogen-bond acceptors (Lipinski definition) is 6. The van der Waals surface area contributed by atoms with Gasteiger partial charge in [0, 0.05) is 33.8 Å². The molecule has 1 amide bonds. The molecular formula is C25H23N5O2. The maximum atomic E-state index is 12.4. The lowest BCUT2D eigenvalue weighted by Crippen LogP contribution is -2.11. The second-order valence-corrected chi connectivity index (χ2v) is 7.17. The van der Waals surface area contributed by atoms with Gasteiger partial charge in [-0.1, -0.05) is 12.1 Å². The van der Waals surface area contributed by atoms with E-state index in [0.29, 0.717) is 22.8 Å². The molecule has 0 aliphatic heterocycles. The quantitative estimate of drug-likeness (QED) is 0.374. The van der Waals surface area contributed by atoms with E-state index in [1.807, 2.05) is 55.5 Å². The van der Waals surface area contributed by atoms with Crippen LogP contribution in [0.25, 0.3) is 11.3 Å². The number of ether oxygens (including phenoxy) is 1. The number of methoxy groups -OCH3 is 1. The van der Waals surface area contributed by atoms with Crippen LogP contribution >= 0.6 is 0 Å². The molecule has 0 spiro atoms. The lowest BCUT2D eigenvalue weighted by Gasteiger charge is -2.14. The summed E-state index contributed by atoms with van der Waals surface area (Å²) in [6.45, 7) is 1.96. The molecule has 1 heterocycles. The van der Waals surface area contributed by atoms with Crippen molar-refractivity contribution in [2.24, 2.45) is 0 Å². The predicted molar refractivity (Wildman–Crippen MR) is 127 cm³/mol. The Morgan fingerprint density at radius 2 is 1.59 bits per heavy atom. The van der Waals surface area contributed by atoms with Gasteiger partial charge in [-0.05, 0) is 67.6 Å². The van der Waals surface area contributed by atoms with Crippen molar-refractivity contribution < 1.29 is 9.53 Å². The molecule has 7 heteroatoms. The molecule has 0 saturated carbocycles. The molecule has 32 heavy (non-hydrogen) atoms. The van der Waals surface area contributed by atoms with Gasteiger partial charge in [-0.2, -0.15) is 0 Å². The first-order valence-corrected chi connectivity index (χ1v) is 10.0. The number of benzene rings is 3. The van der Waals surface area contributed by atoms with Crippen molar-refractivity contribution in [3.05, 3.63) is 90.3 Å². The summed E-state index contributed by atoms with van der Waals surface area (Å²) in [5.74, 6) is 1.25. The Labute approximate surface area is 186 Å². The summed E-state index contributed by atoms with van der Waals surface area (Å²) in [4.78, 5) is 21.2. The highest BCUT2D eigenvalue weighted by molar-refractivity contribution is 6.04. The van der Waals surface area contributed by atoms with Crippen LogP contribution < -0.4 is 21.1 Å². The number of rotatable bonds is 6. The monoisotopic (exact) mass is 425 g/mol. The minimum atomic E-state index is -0.196. The fourth-order valence-electron chi connectivity index (χ4n) is 3.30. The zero-order chi connectivity index (χ0) is 22.5. The average Bonchev–Trinajstić information content (AvgIpc) is 2.82. The van der Waals surface area contributed by atoms with E-state index in [1.54, 1.807) is 31.4 Å². The molecular weight excluding hydrogens is 402 g/mol. The van der Waals surface area contributed by atoms with Crippen LogP contribution in [0.1, 0.15) is 15.9 Å². The van der Waals surface area contributed by atoms with Crippen molar-refractivity contribution >= 4 is 28.8 Å². The normalized spacial score (nSPS) is 10.4. The Morgan fingerprint density at radius 3 is 2.31 bits per heavy atom. The molecule has 3 aromatic carbocycles. The predicted octanol–water partition coefficient (Wildman–Crippen LogP) is 5.04. The van der Waals surface area contributed by atoms with Crippen LogP contribution in [0.4, 0.5) is 22.9 Å². The van der Waals surface area contributed by atoms with E-state index in [1.165, 1.54) is 6.33 Å². The third kappa shape index (κ3) is 4.52. The van der Waals surface area contributed by atoms with E-state index in [4.69, 9.17) is 10.5 Å². The van der Waals surface area contributed by atoms with Crippen LogP contribution in [0.5, 0.6) is 5.75 Å². The number of aromatic nitrogens is 2. The third-order valence-corrected chi connectivity index (χ3v) is 5.02. The fourth-order valence-corrected chi connectivity index (χ4v) is 3.30. The van der Waals surface area contributed by atoms with Gasteiger partial charge in [0.05, 0.1) is 12.8 Å². The SMILES string of the molecule is COc1ccccc1-c1ncnc(Nc2ccc(NC(=O)c3ccc(N)cc3)cc2)c1C. The van der Waals surface area contributed by atoms with E-state index >= 15 is 0 Å². The Balaban J connectivity index is 1.50. The van der Waals surface area contributed by atoms with Gasteiger partial charge < -0.3 is 21.1 Å². The highest BCUT2D eigenvalue weighted by Crippen LogP contribution is 2.33. The Bertz CT molecular complexity index is 1240. The number of carbonyl (C=O) groups excluding carboxylic acids is 1. The molecule has 1 aromatic heterocycles. The van der Waals surface area contributed by atoms with Crippen LogP contribution in [0, 0.1) is 6.92 Å². The lowest BCUT2D eigenvalue weighted by molar-refractivity contribution is 0.102. The summed E-state index contributed by atoms with van der Waals surface area (Å²) < 4.78 is 5.47. The number of nitrogen functional groups attached to an aromatic ring is 1. The van der Waals surface area contributed by atoms with Gasteiger partial charge in [0.25, 0.3) is 5.91 Å². The van der Waals surface area contributed by atoms with Crippen LogP contribution in [-0.4, -0.2) is 23.0 Å². The molecule has 0 bridgehead atoms. The number of hydrogen-bond donors (Lipinski definition) is 3. The zero-order valence-electron chi connectivity index (χ0n) is 17.8. The van der Waals surface area contributed by atoms with E-state index in [-0.39, 0.29) is 5.91 Å². The van der Waals surface area contributed by atoms with Crippen LogP contribution in [0.2, 0.25) is 0 Å². The molecule has 0 atom stereocenters.